The molecular weight excluding hydrogens is 444 g/mol. The van der Waals surface area contributed by atoms with E-state index in [1.807, 2.05) is 0 Å². The second-order valence-corrected chi connectivity index (χ2v) is 8.01. The normalized spacial score (nSPS) is 16.2. The molecule has 0 radical (unpaired) electrons. The monoisotopic (exact) mass is 465 g/mol. The molecule has 12 heteroatoms. The molecule has 1 saturated carbocycles. The molecule has 0 bridgehead atoms. The quantitative estimate of drug-likeness (QED) is 0.621. The standard InChI is InChI=1S/C21H21F2N3O7/c22-13-9-12-18(26(11-1-2-11)10-14(20(12)30)33-21(31)32)17(23)19(13)25-7-5-24(6-8-25)15(27)3-4-16(28)29/h9-11H,1-8H2,(H,28,29)(H,31,32). The summed E-state index contributed by atoms with van der Waals surface area (Å²) in [5.74, 6) is -3.88. The molecule has 1 aromatic heterocycles. The van der Waals surface area contributed by atoms with Gasteiger partial charge in [0.05, 0.1) is 23.5 Å². The lowest BCUT2D eigenvalue weighted by atomic mass is 10.1. The minimum Gasteiger partial charge on any atom is -0.481 e. The summed E-state index contributed by atoms with van der Waals surface area (Å²) in [6.07, 6.45) is 0.367. The van der Waals surface area contributed by atoms with Gasteiger partial charge in [-0.3, -0.25) is 14.4 Å². The van der Waals surface area contributed by atoms with Crippen LogP contribution < -0.4 is 15.1 Å². The molecule has 176 valence electrons. The predicted molar refractivity (Wildman–Crippen MR) is 111 cm³/mol. The zero-order chi connectivity index (χ0) is 23.9. The summed E-state index contributed by atoms with van der Waals surface area (Å²) >= 11 is 0. The van der Waals surface area contributed by atoms with Crippen LogP contribution in [0.3, 0.4) is 0 Å². The van der Waals surface area contributed by atoms with Crippen LogP contribution in [-0.2, 0) is 9.59 Å². The van der Waals surface area contributed by atoms with Crippen molar-refractivity contribution in [2.24, 2.45) is 0 Å². The van der Waals surface area contributed by atoms with Crippen LogP contribution in [-0.4, -0.2) is 63.9 Å². The Hall–Kier alpha value is -3.70. The number of benzene rings is 1. The summed E-state index contributed by atoms with van der Waals surface area (Å²) in [7, 11) is 0. The number of carbonyl (C=O) groups excluding carboxylic acids is 1. The Morgan fingerprint density at radius 1 is 1.06 bits per heavy atom. The van der Waals surface area contributed by atoms with E-state index >= 15 is 8.78 Å². The molecule has 1 aliphatic heterocycles. The summed E-state index contributed by atoms with van der Waals surface area (Å²) in [4.78, 5) is 49.2. The van der Waals surface area contributed by atoms with Gasteiger partial charge >= 0.3 is 12.1 Å². The van der Waals surface area contributed by atoms with Gasteiger partial charge < -0.3 is 29.3 Å². The van der Waals surface area contributed by atoms with Crippen molar-refractivity contribution in [2.75, 3.05) is 31.1 Å². The molecule has 33 heavy (non-hydrogen) atoms. The third-order valence-corrected chi connectivity index (χ3v) is 5.79. The van der Waals surface area contributed by atoms with Crippen LogP contribution in [0.15, 0.2) is 17.1 Å². The van der Waals surface area contributed by atoms with Gasteiger partial charge in [-0.05, 0) is 18.9 Å². The van der Waals surface area contributed by atoms with Crippen LogP contribution in [0.4, 0.5) is 19.3 Å². The van der Waals surface area contributed by atoms with Crippen LogP contribution in [0.1, 0.15) is 31.7 Å². The maximum Gasteiger partial charge on any atom is 0.511 e. The highest BCUT2D eigenvalue weighted by molar-refractivity contribution is 5.86. The minimum atomic E-state index is -1.71. The Morgan fingerprint density at radius 2 is 1.73 bits per heavy atom. The number of hydrogen-bond acceptors (Lipinski definition) is 6. The van der Waals surface area contributed by atoms with Gasteiger partial charge in [-0.1, -0.05) is 0 Å². The number of aliphatic carboxylic acids is 1. The van der Waals surface area contributed by atoms with Crippen LogP contribution in [0.5, 0.6) is 5.75 Å². The Kier molecular flexibility index (Phi) is 5.91. The summed E-state index contributed by atoms with van der Waals surface area (Å²) < 4.78 is 36.6. The van der Waals surface area contributed by atoms with E-state index in [4.69, 9.17) is 10.2 Å². The molecular formula is C21H21F2N3O7. The first-order valence-corrected chi connectivity index (χ1v) is 10.4. The first-order chi connectivity index (χ1) is 15.7. The van der Waals surface area contributed by atoms with E-state index in [2.05, 4.69) is 4.74 Å². The van der Waals surface area contributed by atoms with E-state index < -0.39 is 34.9 Å². The van der Waals surface area contributed by atoms with Gasteiger partial charge in [-0.2, -0.15) is 0 Å². The van der Waals surface area contributed by atoms with Gasteiger partial charge in [0.15, 0.2) is 11.6 Å². The highest BCUT2D eigenvalue weighted by Crippen LogP contribution is 2.40. The molecule has 10 nitrogen and oxygen atoms in total. The molecule has 2 aliphatic rings. The van der Waals surface area contributed by atoms with E-state index in [1.165, 1.54) is 14.4 Å². The Labute approximate surface area is 185 Å². The second kappa shape index (κ2) is 8.68. The zero-order valence-corrected chi connectivity index (χ0v) is 17.4. The van der Waals surface area contributed by atoms with E-state index in [1.54, 1.807) is 0 Å². The molecule has 0 unspecified atom stereocenters. The first-order valence-electron chi connectivity index (χ1n) is 10.4. The van der Waals surface area contributed by atoms with Gasteiger partial charge in [0.1, 0.15) is 11.5 Å². The molecule has 2 heterocycles. The maximum atomic E-state index is 15.7. The highest BCUT2D eigenvalue weighted by Gasteiger charge is 2.32. The SMILES string of the molecule is O=C(O)CCC(=O)N1CCN(c2c(F)cc3c(=O)c(OC(=O)O)cn(C4CC4)c3c2F)CC1. The largest absolute Gasteiger partial charge is 0.511 e. The number of halogens is 2. The third-order valence-electron chi connectivity index (χ3n) is 5.79. The van der Waals surface area contributed by atoms with Gasteiger partial charge in [-0.25, -0.2) is 13.6 Å². The minimum absolute atomic E-state index is 0.117. The fourth-order valence-electron chi connectivity index (χ4n) is 4.06. The molecule has 2 fully saturated rings. The average Bonchev–Trinajstić information content (AvgIpc) is 3.59. The fourth-order valence-corrected chi connectivity index (χ4v) is 4.06. The van der Waals surface area contributed by atoms with Gasteiger partial charge in [0.2, 0.25) is 11.3 Å². The number of carbonyl (C=O) groups is 3. The molecule has 1 aromatic carbocycles. The molecule has 1 amide bonds. The average molecular weight is 465 g/mol. The lowest BCUT2D eigenvalue weighted by Gasteiger charge is -2.36. The molecule has 0 spiro atoms. The van der Waals surface area contributed by atoms with Crippen LogP contribution in [0, 0.1) is 11.6 Å². The van der Waals surface area contributed by atoms with Crippen molar-refractivity contribution in [2.45, 2.75) is 31.7 Å². The van der Waals surface area contributed by atoms with Gasteiger partial charge in [0, 0.05) is 38.6 Å². The molecule has 1 aliphatic carbocycles. The van der Waals surface area contributed by atoms with Crippen molar-refractivity contribution in [3.8, 4) is 5.75 Å². The first kappa shape index (κ1) is 22.5. The number of ether oxygens (including phenoxy) is 1. The van der Waals surface area contributed by atoms with E-state index in [0.717, 1.165) is 12.3 Å². The van der Waals surface area contributed by atoms with E-state index in [-0.39, 0.29) is 67.6 Å². The third kappa shape index (κ3) is 4.45. The smallest absolute Gasteiger partial charge is 0.481 e. The zero-order valence-electron chi connectivity index (χ0n) is 17.4. The number of nitrogens with zero attached hydrogens (tertiary/aromatic N) is 3. The van der Waals surface area contributed by atoms with Crippen LogP contribution in [0.2, 0.25) is 0 Å². The van der Waals surface area contributed by atoms with E-state index in [9.17, 15) is 19.2 Å². The van der Waals surface area contributed by atoms with Gasteiger partial charge in [0.25, 0.3) is 0 Å². The Morgan fingerprint density at radius 3 is 2.30 bits per heavy atom. The summed E-state index contributed by atoms with van der Waals surface area (Å²) in [5.41, 5.74) is -1.39. The number of amides is 1. The number of carboxylic acid groups (broad SMARTS) is 2. The van der Waals surface area contributed by atoms with Crippen LogP contribution >= 0.6 is 0 Å². The second-order valence-electron chi connectivity index (χ2n) is 8.01. The predicted octanol–water partition coefficient (Wildman–Crippen LogP) is 2.18. The lowest BCUT2D eigenvalue weighted by molar-refractivity contribution is -0.141. The number of rotatable bonds is 6. The molecule has 2 N–H and O–H groups in total. The summed E-state index contributed by atoms with van der Waals surface area (Å²) in [5, 5.41) is 17.3. The summed E-state index contributed by atoms with van der Waals surface area (Å²) in [6, 6.07) is 0.717. The van der Waals surface area contributed by atoms with Crippen molar-refractivity contribution < 1.29 is 38.1 Å². The van der Waals surface area contributed by atoms with Crippen molar-refractivity contribution >= 4 is 34.6 Å². The summed E-state index contributed by atoms with van der Waals surface area (Å²) in [6.45, 7) is 0.560. The molecule has 0 atom stereocenters. The van der Waals surface area contributed by atoms with Crippen LogP contribution in [0.25, 0.3) is 10.9 Å². The number of pyridine rings is 1. The number of anilines is 1. The fraction of sp³-hybridized carbons (Fsp3) is 0.429. The Balaban J connectivity index is 1.67. The topological polar surface area (TPSA) is 129 Å². The highest BCUT2D eigenvalue weighted by atomic mass is 19.1. The number of fused-ring (bicyclic) bond motifs is 1. The van der Waals surface area contributed by atoms with Gasteiger partial charge in [-0.15, -0.1) is 0 Å². The molecule has 2 aromatic rings. The number of carboxylic acids is 1. The Bertz CT molecular complexity index is 1200. The lowest BCUT2D eigenvalue weighted by Crippen LogP contribution is -2.49. The van der Waals surface area contributed by atoms with Crippen molar-refractivity contribution in [3.63, 3.8) is 0 Å². The molecule has 1 saturated heterocycles. The van der Waals surface area contributed by atoms with E-state index in [0.29, 0.717) is 12.8 Å². The van der Waals surface area contributed by atoms with Crippen molar-refractivity contribution in [3.05, 3.63) is 34.1 Å². The van der Waals surface area contributed by atoms with Crippen molar-refractivity contribution in [1.29, 1.82) is 0 Å². The number of piperazine rings is 1. The maximum absolute atomic E-state index is 15.7. The number of aromatic nitrogens is 1. The van der Waals surface area contributed by atoms with Crippen molar-refractivity contribution in [1.82, 2.24) is 9.47 Å². The molecule has 4 rings (SSSR count). The number of hydrogen-bond donors (Lipinski definition) is 2.